The van der Waals surface area contributed by atoms with Gasteiger partial charge in [-0.2, -0.15) is 0 Å². The Morgan fingerprint density at radius 2 is 1.78 bits per heavy atom. The molecule has 1 fully saturated rings. The van der Waals surface area contributed by atoms with Crippen LogP contribution in [0.5, 0.6) is 5.75 Å². The van der Waals surface area contributed by atoms with Gasteiger partial charge in [0.1, 0.15) is 18.3 Å². The summed E-state index contributed by atoms with van der Waals surface area (Å²) >= 11 is 0. The van der Waals surface area contributed by atoms with E-state index in [4.69, 9.17) is 4.74 Å². The third-order valence-corrected chi connectivity index (χ3v) is 4.95. The molecule has 0 saturated carbocycles. The van der Waals surface area contributed by atoms with Crippen molar-refractivity contribution >= 4 is 17.5 Å². The lowest BCUT2D eigenvalue weighted by Crippen LogP contribution is -2.37. The van der Waals surface area contributed by atoms with Gasteiger partial charge in [-0.1, -0.05) is 51.1 Å². The smallest absolute Gasteiger partial charge is 0.237 e. The molecule has 2 amide bonds. The van der Waals surface area contributed by atoms with Crippen molar-refractivity contribution in [1.82, 2.24) is 5.32 Å². The molecule has 0 aromatic heterocycles. The van der Waals surface area contributed by atoms with Crippen LogP contribution in [0.1, 0.15) is 26.3 Å². The molecule has 2 aromatic rings. The number of ether oxygens (including phenoxy) is 1. The van der Waals surface area contributed by atoms with Crippen LogP contribution < -0.4 is 15.4 Å². The van der Waals surface area contributed by atoms with Crippen molar-refractivity contribution in [3.8, 4) is 5.75 Å². The fourth-order valence-electron chi connectivity index (χ4n) is 3.32. The maximum Gasteiger partial charge on any atom is 0.237 e. The van der Waals surface area contributed by atoms with Crippen LogP contribution >= 0.6 is 0 Å². The molecule has 1 aliphatic heterocycles. The van der Waals surface area contributed by atoms with Gasteiger partial charge in [-0.3, -0.25) is 9.59 Å². The lowest BCUT2D eigenvalue weighted by atomic mass is 9.74. The van der Waals surface area contributed by atoms with Gasteiger partial charge in [0.15, 0.2) is 0 Å². The molecule has 2 atom stereocenters. The van der Waals surface area contributed by atoms with Crippen molar-refractivity contribution in [2.75, 3.05) is 11.9 Å². The predicted molar refractivity (Wildman–Crippen MR) is 105 cm³/mol. The molecule has 0 spiro atoms. The zero-order chi connectivity index (χ0) is 19.4. The highest BCUT2D eigenvalue weighted by Crippen LogP contribution is 2.35. The van der Waals surface area contributed by atoms with Gasteiger partial charge < -0.3 is 15.4 Å². The number of benzene rings is 2. The summed E-state index contributed by atoms with van der Waals surface area (Å²) in [5.74, 6) is -0.432. The van der Waals surface area contributed by atoms with Crippen molar-refractivity contribution in [1.29, 1.82) is 0 Å². The van der Waals surface area contributed by atoms with Crippen LogP contribution in [-0.4, -0.2) is 18.4 Å². The van der Waals surface area contributed by atoms with Crippen molar-refractivity contribution in [2.24, 2.45) is 17.3 Å². The molecular formula is C22H26N2O3. The van der Waals surface area contributed by atoms with Gasteiger partial charge >= 0.3 is 0 Å². The Hall–Kier alpha value is -2.82. The van der Waals surface area contributed by atoms with E-state index in [2.05, 4.69) is 31.4 Å². The summed E-state index contributed by atoms with van der Waals surface area (Å²) in [6.07, 6.45) is 0. The van der Waals surface area contributed by atoms with E-state index in [1.165, 1.54) is 0 Å². The maximum atomic E-state index is 12.7. The zero-order valence-corrected chi connectivity index (χ0v) is 16.0. The van der Waals surface area contributed by atoms with E-state index in [1.807, 2.05) is 42.5 Å². The molecule has 1 saturated heterocycles. The average Bonchev–Trinajstić information content (AvgIpc) is 3.04. The summed E-state index contributed by atoms with van der Waals surface area (Å²) in [5, 5.41) is 5.68. The van der Waals surface area contributed by atoms with Crippen molar-refractivity contribution in [2.45, 2.75) is 27.4 Å². The number of carbonyl (C=O) groups is 2. The van der Waals surface area contributed by atoms with E-state index in [1.54, 1.807) is 12.1 Å². The molecule has 1 heterocycles. The largest absolute Gasteiger partial charge is 0.489 e. The average molecular weight is 366 g/mol. The van der Waals surface area contributed by atoms with Gasteiger partial charge in [0.2, 0.25) is 11.8 Å². The normalized spacial score (nSPS) is 19.4. The Labute approximate surface area is 160 Å². The first-order valence-corrected chi connectivity index (χ1v) is 9.20. The number of nitrogens with one attached hydrogen (secondary N) is 2. The van der Waals surface area contributed by atoms with Gasteiger partial charge in [0.25, 0.3) is 0 Å². The Kier molecular flexibility index (Phi) is 5.49. The second-order valence-corrected chi connectivity index (χ2v) is 7.98. The number of carbonyl (C=O) groups excluding carboxylic acids is 2. The molecule has 5 heteroatoms. The Morgan fingerprint density at radius 1 is 1.11 bits per heavy atom. The van der Waals surface area contributed by atoms with E-state index >= 15 is 0 Å². The van der Waals surface area contributed by atoms with E-state index in [9.17, 15) is 9.59 Å². The third-order valence-electron chi connectivity index (χ3n) is 4.95. The lowest BCUT2D eigenvalue weighted by molar-refractivity contribution is -0.132. The number of hydrogen-bond acceptors (Lipinski definition) is 3. The van der Waals surface area contributed by atoms with Crippen LogP contribution in [0.15, 0.2) is 54.6 Å². The first-order valence-electron chi connectivity index (χ1n) is 9.20. The molecule has 27 heavy (non-hydrogen) atoms. The maximum absolute atomic E-state index is 12.7. The van der Waals surface area contributed by atoms with Crippen molar-refractivity contribution < 1.29 is 14.3 Å². The van der Waals surface area contributed by atoms with Crippen LogP contribution in [0.25, 0.3) is 0 Å². The Balaban J connectivity index is 1.60. The molecule has 0 aliphatic carbocycles. The summed E-state index contributed by atoms with van der Waals surface area (Å²) in [6, 6.07) is 17.1. The number of hydrogen-bond donors (Lipinski definition) is 2. The van der Waals surface area contributed by atoms with Crippen molar-refractivity contribution in [3.05, 3.63) is 60.2 Å². The highest BCUT2D eigenvalue weighted by atomic mass is 16.5. The number of rotatable bonds is 5. The molecule has 0 unspecified atom stereocenters. The van der Waals surface area contributed by atoms with Crippen molar-refractivity contribution in [3.63, 3.8) is 0 Å². The van der Waals surface area contributed by atoms with E-state index in [0.29, 0.717) is 18.8 Å². The second kappa shape index (κ2) is 7.82. The fourth-order valence-corrected chi connectivity index (χ4v) is 3.32. The first-order chi connectivity index (χ1) is 12.8. The van der Waals surface area contributed by atoms with Gasteiger partial charge in [0, 0.05) is 18.2 Å². The van der Waals surface area contributed by atoms with Crippen LogP contribution in [0.2, 0.25) is 0 Å². The summed E-state index contributed by atoms with van der Waals surface area (Å²) < 4.78 is 5.75. The van der Waals surface area contributed by atoms with Crippen LogP contribution in [0.3, 0.4) is 0 Å². The minimum Gasteiger partial charge on any atom is -0.489 e. The van der Waals surface area contributed by atoms with Gasteiger partial charge in [-0.15, -0.1) is 0 Å². The molecular weight excluding hydrogens is 340 g/mol. The summed E-state index contributed by atoms with van der Waals surface area (Å²) in [5.41, 5.74) is 1.62. The second-order valence-electron chi connectivity index (χ2n) is 7.98. The van der Waals surface area contributed by atoms with Crippen LogP contribution in [-0.2, 0) is 16.2 Å². The molecule has 3 rings (SSSR count). The van der Waals surface area contributed by atoms with Gasteiger partial charge in [-0.25, -0.2) is 0 Å². The number of amides is 2. The molecule has 5 nitrogen and oxygen atoms in total. The Bertz CT molecular complexity index is 795. The minimum atomic E-state index is -0.668. The summed E-state index contributed by atoms with van der Waals surface area (Å²) in [4.78, 5) is 24.8. The van der Waals surface area contributed by atoms with Crippen LogP contribution in [0, 0.1) is 17.3 Å². The molecule has 0 radical (unpaired) electrons. The monoisotopic (exact) mass is 366 g/mol. The standard InChI is InChI=1S/C22H26N2O3/c1-22(2,3)18-13-23-20(25)19(18)21(26)24-16-9-11-17(12-10-16)27-14-15-7-5-4-6-8-15/h4-12,18-19H,13-14H2,1-3H3,(H,23,25)(H,24,26)/t18-,19+/m0/s1. The third kappa shape index (κ3) is 4.67. The Morgan fingerprint density at radius 3 is 2.41 bits per heavy atom. The topological polar surface area (TPSA) is 67.4 Å². The minimum absolute atomic E-state index is 0.0292. The first kappa shape index (κ1) is 19.0. The van der Waals surface area contributed by atoms with Gasteiger partial charge in [0.05, 0.1) is 0 Å². The summed E-state index contributed by atoms with van der Waals surface area (Å²) in [6.45, 7) is 7.18. The molecule has 142 valence electrons. The van der Waals surface area contributed by atoms with E-state index in [-0.39, 0.29) is 23.1 Å². The quantitative estimate of drug-likeness (QED) is 0.795. The van der Waals surface area contributed by atoms with Crippen LogP contribution in [0.4, 0.5) is 5.69 Å². The lowest BCUT2D eigenvalue weighted by Gasteiger charge is -2.29. The molecule has 1 aliphatic rings. The highest BCUT2D eigenvalue weighted by Gasteiger charge is 2.45. The number of anilines is 1. The molecule has 2 aromatic carbocycles. The zero-order valence-electron chi connectivity index (χ0n) is 16.0. The van der Waals surface area contributed by atoms with Gasteiger partial charge in [-0.05, 0) is 35.2 Å². The predicted octanol–water partition coefficient (Wildman–Crippen LogP) is 3.61. The SMILES string of the molecule is CC(C)(C)[C@H]1CNC(=O)[C@@H]1C(=O)Nc1ccc(OCc2ccccc2)cc1. The molecule has 0 bridgehead atoms. The summed E-state index contributed by atoms with van der Waals surface area (Å²) in [7, 11) is 0. The highest BCUT2D eigenvalue weighted by molar-refractivity contribution is 6.07. The fraction of sp³-hybridized carbons (Fsp3) is 0.364. The molecule has 2 N–H and O–H groups in total. The van der Waals surface area contributed by atoms with E-state index in [0.717, 1.165) is 11.3 Å². The van der Waals surface area contributed by atoms with E-state index < -0.39 is 5.92 Å².